The predicted octanol–water partition coefficient (Wildman–Crippen LogP) is 3.82. The van der Waals surface area contributed by atoms with Crippen LogP contribution in [0.25, 0.3) is 11.7 Å². The number of nitrogens with zero attached hydrogens (tertiary/aromatic N) is 3. The number of aryl methyl sites for hydroxylation is 1. The smallest absolute Gasteiger partial charge is 0.267 e. The van der Waals surface area contributed by atoms with Crippen LogP contribution in [0.4, 0.5) is 0 Å². The van der Waals surface area contributed by atoms with E-state index in [0.29, 0.717) is 0 Å². The minimum Gasteiger partial charge on any atom is -0.302 e. The molecule has 6 heteroatoms. The van der Waals surface area contributed by atoms with Gasteiger partial charge in [-0.1, -0.05) is 27.2 Å². The number of nitrogens with one attached hydrogen (secondary N) is 1. The maximum Gasteiger partial charge on any atom is 0.267 e. The van der Waals surface area contributed by atoms with Gasteiger partial charge in [-0.2, -0.15) is 0 Å². The molecule has 0 spiro atoms. The average molecular weight is 373 g/mol. The van der Waals surface area contributed by atoms with Crippen LogP contribution in [0.1, 0.15) is 63.4 Å². The zero-order valence-corrected chi connectivity index (χ0v) is 16.7. The Morgan fingerprint density at radius 1 is 1.26 bits per heavy atom. The topological polar surface area (TPSA) is 69.9 Å². The zero-order chi connectivity index (χ0) is 19.6. The van der Waals surface area contributed by atoms with Crippen molar-refractivity contribution in [3.05, 3.63) is 41.4 Å². The summed E-state index contributed by atoms with van der Waals surface area (Å²) in [7, 11) is 0. The molecule has 0 saturated carbocycles. The molecule has 1 amide bonds. The Hall–Kier alpha value is -2.18. The average Bonchev–Trinajstić information content (AvgIpc) is 3.01. The maximum atomic E-state index is 11.2. The number of amides is 1. The van der Waals surface area contributed by atoms with E-state index in [2.05, 4.69) is 30.1 Å². The minimum atomic E-state index is -0.544. The summed E-state index contributed by atoms with van der Waals surface area (Å²) in [5.74, 6) is -0.544. The van der Waals surface area contributed by atoms with Crippen LogP contribution in [0.3, 0.4) is 0 Å². The number of pyridine rings is 1. The largest absolute Gasteiger partial charge is 0.302 e. The third kappa shape index (κ3) is 5.91. The highest BCUT2D eigenvalue weighted by atomic mass is 16.5. The van der Waals surface area contributed by atoms with Gasteiger partial charge in [-0.3, -0.25) is 14.9 Å². The molecule has 6 nitrogen and oxygen atoms in total. The lowest BCUT2D eigenvalue weighted by atomic mass is 10.1. The van der Waals surface area contributed by atoms with Crippen LogP contribution >= 0.6 is 0 Å². The van der Waals surface area contributed by atoms with Crippen LogP contribution in [0, 0.1) is 0 Å². The Morgan fingerprint density at radius 2 is 2.00 bits per heavy atom. The van der Waals surface area contributed by atoms with Crippen molar-refractivity contribution >= 4 is 17.6 Å². The lowest BCUT2D eigenvalue weighted by Gasteiger charge is -2.21. The van der Waals surface area contributed by atoms with E-state index in [9.17, 15) is 4.79 Å². The monoisotopic (exact) mass is 372 g/mol. The van der Waals surface area contributed by atoms with Crippen molar-refractivity contribution in [3.63, 3.8) is 0 Å². The molecule has 0 atom stereocenters. The van der Waals surface area contributed by atoms with Gasteiger partial charge >= 0.3 is 0 Å². The van der Waals surface area contributed by atoms with Crippen molar-refractivity contribution in [3.8, 4) is 0 Å². The molecule has 0 unspecified atom stereocenters. The highest BCUT2D eigenvalue weighted by Gasteiger charge is 2.15. The number of fused-ring (bicyclic) bond motifs is 1. The molecule has 0 bridgehead atoms. The molecule has 0 radical (unpaired) electrons. The van der Waals surface area contributed by atoms with E-state index in [1.807, 2.05) is 18.3 Å². The summed E-state index contributed by atoms with van der Waals surface area (Å²) < 4.78 is 2.17. The minimum absolute atomic E-state index is 0.544. The molecule has 27 heavy (non-hydrogen) atoms. The molecule has 2 aromatic heterocycles. The first kappa shape index (κ1) is 21.1. The first-order valence-corrected chi connectivity index (χ1v) is 9.97. The van der Waals surface area contributed by atoms with E-state index in [0.717, 1.165) is 62.9 Å². The summed E-state index contributed by atoms with van der Waals surface area (Å²) in [5.41, 5.74) is 5.82. The second-order valence-corrected chi connectivity index (χ2v) is 6.88. The highest BCUT2D eigenvalue weighted by molar-refractivity contribution is 5.90. The van der Waals surface area contributed by atoms with E-state index >= 15 is 0 Å². The van der Waals surface area contributed by atoms with E-state index in [4.69, 9.17) is 10.2 Å². The molecule has 0 aliphatic heterocycles. The van der Waals surface area contributed by atoms with Gasteiger partial charge in [0, 0.05) is 18.8 Å². The number of rotatable bonds is 11. The van der Waals surface area contributed by atoms with Crippen LogP contribution in [0.15, 0.2) is 24.4 Å². The number of hydrogen-bond donors (Lipinski definition) is 2. The van der Waals surface area contributed by atoms with E-state index in [1.165, 1.54) is 17.5 Å². The van der Waals surface area contributed by atoms with Crippen molar-refractivity contribution in [2.24, 2.45) is 0 Å². The zero-order valence-electron chi connectivity index (χ0n) is 16.7. The van der Waals surface area contributed by atoms with Crippen LogP contribution in [-0.4, -0.2) is 38.5 Å². The Morgan fingerprint density at radius 3 is 2.63 bits per heavy atom. The fourth-order valence-electron chi connectivity index (χ4n) is 3.30. The molecule has 2 aromatic rings. The predicted molar refractivity (Wildman–Crippen MR) is 109 cm³/mol. The second-order valence-electron chi connectivity index (χ2n) is 6.88. The maximum absolute atomic E-state index is 11.2. The highest BCUT2D eigenvalue weighted by Crippen LogP contribution is 2.19. The number of imidazole rings is 1. The summed E-state index contributed by atoms with van der Waals surface area (Å²) in [6.07, 6.45) is 10.5. The van der Waals surface area contributed by atoms with Crippen LogP contribution in [0.2, 0.25) is 0 Å². The SMILES string of the molecule is CCCCc1nc2cc(C=CC(=O)NO)ccn2c1CN(CCC)CCC. The van der Waals surface area contributed by atoms with E-state index < -0.39 is 5.91 Å². The quantitative estimate of drug-likeness (QED) is 0.357. The van der Waals surface area contributed by atoms with E-state index in [1.54, 1.807) is 11.6 Å². The standard InChI is InChI=1S/C21H32N4O2/c1-4-7-8-18-19(16-24(12-5-2)13-6-3)25-14-11-17(15-20(25)22-18)9-10-21(26)23-27/h9-11,14-15,27H,4-8,12-13,16H2,1-3H3,(H,23,26). The van der Waals surface area contributed by atoms with Crippen molar-refractivity contribution in [2.75, 3.05) is 13.1 Å². The molecule has 2 heterocycles. The van der Waals surface area contributed by atoms with Gasteiger partial charge < -0.3 is 4.40 Å². The van der Waals surface area contributed by atoms with Gasteiger partial charge in [-0.25, -0.2) is 10.5 Å². The first-order chi connectivity index (χ1) is 13.1. The van der Waals surface area contributed by atoms with Gasteiger partial charge in [0.2, 0.25) is 0 Å². The second kappa shape index (κ2) is 10.8. The van der Waals surface area contributed by atoms with Crippen molar-refractivity contribution in [1.29, 1.82) is 0 Å². The van der Waals surface area contributed by atoms with Crippen LogP contribution in [-0.2, 0) is 17.8 Å². The molecule has 0 aliphatic rings. The third-order valence-corrected chi connectivity index (χ3v) is 4.59. The lowest BCUT2D eigenvalue weighted by molar-refractivity contribution is -0.124. The number of hydroxylamine groups is 1. The molecular formula is C21H32N4O2. The van der Waals surface area contributed by atoms with Gasteiger partial charge in [0.05, 0.1) is 11.4 Å². The van der Waals surface area contributed by atoms with Crippen molar-refractivity contribution < 1.29 is 10.0 Å². The van der Waals surface area contributed by atoms with Gasteiger partial charge in [0.15, 0.2) is 0 Å². The Bertz CT molecular complexity index is 761. The van der Waals surface area contributed by atoms with Gasteiger partial charge in [0.25, 0.3) is 5.91 Å². The van der Waals surface area contributed by atoms with Gasteiger partial charge in [0.1, 0.15) is 5.65 Å². The molecule has 0 saturated heterocycles. The lowest BCUT2D eigenvalue weighted by Crippen LogP contribution is -2.26. The molecule has 0 aliphatic carbocycles. The molecule has 0 aromatic carbocycles. The Kier molecular flexibility index (Phi) is 8.48. The number of carbonyl (C=O) groups is 1. The fraction of sp³-hybridized carbons (Fsp3) is 0.524. The Labute approximate surface area is 161 Å². The third-order valence-electron chi connectivity index (χ3n) is 4.59. The summed E-state index contributed by atoms with van der Waals surface area (Å²) in [6.45, 7) is 9.72. The van der Waals surface area contributed by atoms with Crippen molar-refractivity contribution in [2.45, 2.75) is 59.4 Å². The summed E-state index contributed by atoms with van der Waals surface area (Å²) in [5, 5.41) is 8.61. The summed E-state index contributed by atoms with van der Waals surface area (Å²) in [4.78, 5) is 18.6. The van der Waals surface area contributed by atoms with Crippen LogP contribution in [0.5, 0.6) is 0 Å². The molecule has 2 rings (SSSR count). The number of hydrogen-bond acceptors (Lipinski definition) is 4. The number of carbonyl (C=O) groups excluding carboxylic acids is 1. The number of aromatic nitrogens is 2. The molecule has 0 fully saturated rings. The van der Waals surface area contributed by atoms with E-state index in [-0.39, 0.29) is 0 Å². The molecule has 148 valence electrons. The fourth-order valence-corrected chi connectivity index (χ4v) is 3.30. The van der Waals surface area contributed by atoms with Crippen LogP contribution < -0.4 is 5.48 Å². The number of unbranched alkanes of at least 4 members (excludes halogenated alkanes) is 1. The normalized spacial score (nSPS) is 11.7. The van der Waals surface area contributed by atoms with Crippen molar-refractivity contribution in [1.82, 2.24) is 19.8 Å². The summed E-state index contributed by atoms with van der Waals surface area (Å²) in [6, 6.07) is 3.94. The molecule has 2 N–H and O–H groups in total. The summed E-state index contributed by atoms with van der Waals surface area (Å²) >= 11 is 0. The molecular weight excluding hydrogens is 340 g/mol. The Balaban J connectivity index is 2.36. The van der Waals surface area contributed by atoms with Gasteiger partial charge in [-0.05, 0) is 62.5 Å². The van der Waals surface area contributed by atoms with Gasteiger partial charge in [-0.15, -0.1) is 0 Å². The first-order valence-electron chi connectivity index (χ1n) is 9.97.